The normalized spacial score (nSPS) is 14.2. The van der Waals surface area contributed by atoms with Crippen LogP contribution in [0.5, 0.6) is 0 Å². The zero-order valence-electron chi connectivity index (χ0n) is 14.8. The van der Waals surface area contributed by atoms with Gasteiger partial charge in [0, 0.05) is 25.7 Å². The topological polar surface area (TPSA) is 117 Å². The number of hydrogen-bond donors (Lipinski definition) is 2. The molecule has 1 aliphatic heterocycles. The lowest BCUT2D eigenvalue weighted by molar-refractivity contribution is 0.0949. The second-order valence-corrected chi connectivity index (χ2v) is 6.46. The summed E-state index contributed by atoms with van der Waals surface area (Å²) in [6, 6.07) is 1.71. The molecule has 1 aliphatic rings. The van der Waals surface area contributed by atoms with E-state index in [2.05, 4.69) is 30.0 Å². The maximum Gasteiger partial charge on any atom is 0.253 e. The van der Waals surface area contributed by atoms with Crippen molar-refractivity contribution in [3.05, 3.63) is 29.5 Å². The number of aryl methyl sites for hydroxylation is 2. The van der Waals surface area contributed by atoms with Crippen LogP contribution < -0.4 is 11.1 Å². The monoisotopic (exact) mass is 354 g/mol. The van der Waals surface area contributed by atoms with Gasteiger partial charge in [-0.2, -0.15) is 0 Å². The summed E-state index contributed by atoms with van der Waals surface area (Å²) in [6.45, 7) is 3.91. The van der Waals surface area contributed by atoms with Gasteiger partial charge in [-0.1, -0.05) is 6.42 Å². The minimum absolute atomic E-state index is 0.213. The molecule has 0 saturated heterocycles. The van der Waals surface area contributed by atoms with Crippen LogP contribution in [-0.4, -0.2) is 35.2 Å². The van der Waals surface area contributed by atoms with Gasteiger partial charge in [-0.15, -0.1) is 10.2 Å². The van der Waals surface area contributed by atoms with E-state index < -0.39 is 0 Å². The van der Waals surface area contributed by atoms with Crippen molar-refractivity contribution in [1.82, 2.24) is 34.6 Å². The minimum Gasteiger partial charge on any atom is -0.369 e. The van der Waals surface area contributed by atoms with Crippen LogP contribution in [0, 0.1) is 0 Å². The largest absolute Gasteiger partial charge is 0.369 e. The average Bonchev–Trinajstić information content (AvgIpc) is 3.08. The Morgan fingerprint density at radius 1 is 1.31 bits per heavy atom. The summed E-state index contributed by atoms with van der Waals surface area (Å²) in [5.74, 6) is 1.99. The van der Waals surface area contributed by atoms with E-state index >= 15 is 0 Å². The zero-order chi connectivity index (χ0) is 18.1. The van der Waals surface area contributed by atoms with Crippen molar-refractivity contribution < 1.29 is 4.79 Å². The van der Waals surface area contributed by atoms with Crippen LogP contribution in [0.3, 0.4) is 0 Å². The molecule has 3 aromatic rings. The van der Waals surface area contributed by atoms with Crippen molar-refractivity contribution in [3.8, 4) is 0 Å². The van der Waals surface area contributed by atoms with E-state index in [1.165, 1.54) is 6.42 Å². The number of carbonyl (C=O) groups is 1. The average molecular weight is 354 g/mol. The molecule has 136 valence electrons. The summed E-state index contributed by atoms with van der Waals surface area (Å²) >= 11 is 0. The van der Waals surface area contributed by atoms with E-state index in [0.29, 0.717) is 35.8 Å². The highest BCUT2D eigenvalue weighted by Crippen LogP contribution is 2.17. The number of nitrogens with zero attached hydrogens (tertiary/aromatic N) is 6. The highest BCUT2D eigenvalue weighted by molar-refractivity contribution is 5.96. The second-order valence-electron chi connectivity index (χ2n) is 6.46. The van der Waals surface area contributed by atoms with Crippen LogP contribution in [-0.2, 0) is 26.1 Å². The van der Waals surface area contributed by atoms with Crippen molar-refractivity contribution in [3.63, 3.8) is 0 Å². The number of imidazole rings is 1. The van der Waals surface area contributed by atoms with Crippen LogP contribution >= 0.6 is 0 Å². The first-order chi connectivity index (χ1) is 12.7. The van der Waals surface area contributed by atoms with Gasteiger partial charge in [-0.25, -0.2) is 9.97 Å². The molecule has 3 aromatic heterocycles. The Balaban J connectivity index is 1.50. The molecule has 0 atom stereocenters. The molecule has 9 heteroatoms. The van der Waals surface area contributed by atoms with Gasteiger partial charge in [0.2, 0.25) is 5.95 Å². The summed E-state index contributed by atoms with van der Waals surface area (Å²) in [4.78, 5) is 21.1. The summed E-state index contributed by atoms with van der Waals surface area (Å²) in [5, 5.41) is 11.4. The molecule has 26 heavy (non-hydrogen) atoms. The summed E-state index contributed by atoms with van der Waals surface area (Å²) in [5.41, 5.74) is 7.64. The lowest BCUT2D eigenvalue weighted by atomic mass is 10.2. The number of nitrogen functional groups attached to an aromatic ring is 1. The molecule has 4 heterocycles. The van der Waals surface area contributed by atoms with Crippen molar-refractivity contribution in [2.45, 2.75) is 52.2 Å². The van der Waals surface area contributed by atoms with Gasteiger partial charge in [0.05, 0.1) is 12.1 Å². The molecule has 0 unspecified atom stereocenters. The first kappa shape index (κ1) is 16.5. The van der Waals surface area contributed by atoms with Gasteiger partial charge >= 0.3 is 0 Å². The number of aromatic nitrogens is 6. The van der Waals surface area contributed by atoms with E-state index in [0.717, 1.165) is 37.5 Å². The Morgan fingerprint density at radius 2 is 2.19 bits per heavy atom. The van der Waals surface area contributed by atoms with Gasteiger partial charge in [0.1, 0.15) is 11.3 Å². The highest BCUT2D eigenvalue weighted by atomic mass is 16.1. The first-order valence-corrected chi connectivity index (χ1v) is 8.98. The molecule has 0 spiro atoms. The summed E-state index contributed by atoms with van der Waals surface area (Å²) < 4.78 is 3.93. The fourth-order valence-electron chi connectivity index (χ4n) is 3.40. The van der Waals surface area contributed by atoms with Gasteiger partial charge in [-0.3, -0.25) is 9.36 Å². The quantitative estimate of drug-likeness (QED) is 0.729. The Kier molecular flexibility index (Phi) is 4.27. The number of anilines is 1. The minimum atomic E-state index is -0.213. The number of nitrogens with one attached hydrogen (secondary N) is 1. The molecule has 1 amide bonds. The molecule has 0 bridgehead atoms. The van der Waals surface area contributed by atoms with Gasteiger partial charge in [0.25, 0.3) is 5.91 Å². The molecular weight excluding hydrogens is 332 g/mol. The van der Waals surface area contributed by atoms with Crippen LogP contribution in [0.15, 0.2) is 12.3 Å². The number of amides is 1. The molecular formula is C17H22N8O. The second kappa shape index (κ2) is 6.74. The summed E-state index contributed by atoms with van der Waals surface area (Å²) in [6.07, 6.45) is 5.96. The molecule has 3 N–H and O–H groups in total. The molecule has 0 aliphatic carbocycles. The van der Waals surface area contributed by atoms with Gasteiger partial charge < -0.3 is 15.6 Å². The standard InChI is InChI=1S/C17H22N8O/c1-2-24-15-12(21-17(24)18)8-11(9-19-15)16(26)20-10-14-23-22-13-6-4-3-5-7-25(13)14/h8-9H,2-7,10H2,1H3,(H2,18,21)(H,20,26). The lowest BCUT2D eigenvalue weighted by Gasteiger charge is -2.08. The van der Waals surface area contributed by atoms with Crippen LogP contribution in [0.4, 0.5) is 5.95 Å². The predicted molar refractivity (Wildman–Crippen MR) is 96.4 cm³/mol. The predicted octanol–water partition coefficient (Wildman–Crippen LogP) is 1.28. The van der Waals surface area contributed by atoms with E-state index in [-0.39, 0.29) is 5.91 Å². The number of pyridine rings is 1. The van der Waals surface area contributed by atoms with Crippen molar-refractivity contribution in [1.29, 1.82) is 0 Å². The third-order valence-electron chi connectivity index (χ3n) is 4.79. The molecule has 9 nitrogen and oxygen atoms in total. The SMILES string of the molecule is CCn1c(N)nc2cc(C(=O)NCc3nnc4n3CCCCC4)cnc21. The fourth-order valence-corrected chi connectivity index (χ4v) is 3.40. The molecule has 4 rings (SSSR count). The van der Waals surface area contributed by atoms with E-state index in [1.807, 2.05) is 11.5 Å². The number of carbonyl (C=O) groups excluding carboxylic acids is 1. The molecule has 0 saturated carbocycles. The van der Waals surface area contributed by atoms with Gasteiger partial charge in [0.15, 0.2) is 11.5 Å². The van der Waals surface area contributed by atoms with Gasteiger partial charge in [-0.05, 0) is 25.8 Å². The molecule has 0 radical (unpaired) electrons. The summed E-state index contributed by atoms with van der Waals surface area (Å²) in [7, 11) is 0. The maximum atomic E-state index is 12.5. The molecule has 0 aromatic carbocycles. The Morgan fingerprint density at radius 3 is 3.04 bits per heavy atom. The van der Waals surface area contributed by atoms with Crippen LogP contribution in [0.25, 0.3) is 11.2 Å². The van der Waals surface area contributed by atoms with Crippen molar-refractivity contribution in [2.75, 3.05) is 5.73 Å². The zero-order valence-corrected chi connectivity index (χ0v) is 14.8. The fraction of sp³-hybridized carbons (Fsp3) is 0.471. The first-order valence-electron chi connectivity index (χ1n) is 8.98. The Hall–Kier alpha value is -2.97. The van der Waals surface area contributed by atoms with Crippen LogP contribution in [0.2, 0.25) is 0 Å². The van der Waals surface area contributed by atoms with E-state index in [4.69, 9.17) is 5.73 Å². The number of fused-ring (bicyclic) bond motifs is 2. The number of rotatable bonds is 4. The smallest absolute Gasteiger partial charge is 0.253 e. The van der Waals surface area contributed by atoms with Crippen molar-refractivity contribution in [2.24, 2.45) is 0 Å². The highest BCUT2D eigenvalue weighted by Gasteiger charge is 2.16. The maximum absolute atomic E-state index is 12.5. The third kappa shape index (κ3) is 2.89. The van der Waals surface area contributed by atoms with E-state index in [9.17, 15) is 4.79 Å². The third-order valence-corrected chi connectivity index (χ3v) is 4.79. The number of hydrogen-bond acceptors (Lipinski definition) is 6. The lowest BCUT2D eigenvalue weighted by Crippen LogP contribution is -2.25. The van der Waals surface area contributed by atoms with Crippen LogP contribution in [0.1, 0.15) is 48.2 Å². The molecule has 0 fully saturated rings. The van der Waals surface area contributed by atoms with Crippen molar-refractivity contribution >= 4 is 23.0 Å². The van der Waals surface area contributed by atoms with E-state index in [1.54, 1.807) is 12.3 Å². The Bertz CT molecular complexity index is 957. The Labute approximate surface area is 150 Å². The number of nitrogens with two attached hydrogens (primary N) is 1.